The summed E-state index contributed by atoms with van der Waals surface area (Å²) < 4.78 is 0. The third-order valence-corrected chi connectivity index (χ3v) is 5.60. The predicted molar refractivity (Wildman–Crippen MR) is 118 cm³/mol. The number of halogens is 1. The van der Waals surface area contributed by atoms with Gasteiger partial charge in [-0.15, -0.1) is 12.4 Å². The first kappa shape index (κ1) is 20.4. The number of amides is 1. The topological polar surface area (TPSA) is 32.3 Å². The van der Waals surface area contributed by atoms with Crippen molar-refractivity contribution in [2.75, 3.05) is 19.6 Å². The fourth-order valence-electron chi connectivity index (χ4n) is 4.03. The summed E-state index contributed by atoms with van der Waals surface area (Å²) >= 11 is 0. The number of rotatable bonds is 5. The lowest BCUT2D eigenvalue weighted by Gasteiger charge is -2.20. The Labute approximate surface area is 173 Å². The van der Waals surface area contributed by atoms with E-state index in [9.17, 15) is 4.79 Å². The molecule has 0 spiro atoms. The molecule has 1 aliphatic rings. The van der Waals surface area contributed by atoms with Gasteiger partial charge in [-0.3, -0.25) is 4.79 Å². The number of nitrogens with one attached hydrogen (secondary N) is 1. The zero-order valence-corrected chi connectivity index (χ0v) is 17.0. The SMILES string of the molecule is CC(NCC1CCN(C(=O)c2ccccc2)C1)c1cccc2ccccc12.Cl. The molecule has 0 saturated carbocycles. The number of carbonyl (C=O) groups excluding carboxylic acids is 1. The number of fused-ring (bicyclic) bond motifs is 1. The maximum atomic E-state index is 12.6. The maximum Gasteiger partial charge on any atom is 0.253 e. The van der Waals surface area contributed by atoms with Crippen molar-refractivity contribution in [2.24, 2.45) is 5.92 Å². The molecule has 2 unspecified atom stereocenters. The van der Waals surface area contributed by atoms with Crippen LogP contribution in [0.15, 0.2) is 72.8 Å². The largest absolute Gasteiger partial charge is 0.338 e. The summed E-state index contributed by atoms with van der Waals surface area (Å²) in [6.07, 6.45) is 1.06. The lowest BCUT2D eigenvalue weighted by molar-refractivity contribution is 0.0787. The second kappa shape index (κ2) is 9.22. The van der Waals surface area contributed by atoms with Crippen molar-refractivity contribution in [2.45, 2.75) is 19.4 Å². The second-order valence-corrected chi connectivity index (χ2v) is 7.47. The van der Waals surface area contributed by atoms with Gasteiger partial charge in [-0.2, -0.15) is 0 Å². The Balaban J connectivity index is 0.00000225. The first-order valence-corrected chi connectivity index (χ1v) is 9.78. The minimum atomic E-state index is 0. The maximum absolute atomic E-state index is 12.6. The van der Waals surface area contributed by atoms with Crippen molar-refractivity contribution >= 4 is 29.1 Å². The summed E-state index contributed by atoms with van der Waals surface area (Å²) in [6, 6.07) is 24.9. The molecule has 0 aliphatic carbocycles. The molecule has 146 valence electrons. The van der Waals surface area contributed by atoms with Gasteiger partial charge < -0.3 is 10.2 Å². The van der Waals surface area contributed by atoms with Crippen LogP contribution in [0.3, 0.4) is 0 Å². The quantitative estimate of drug-likeness (QED) is 0.654. The van der Waals surface area contributed by atoms with Gasteiger partial charge in [0, 0.05) is 31.2 Å². The van der Waals surface area contributed by atoms with Gasteiger partial charge in [-0.25, -0.2) is 0 Å². The Morgan fingerprint density at radius 3 is 2.57 bits per heavy atom. The fourth-order valence-corrected chi connectivity index (χ4v) is 4.03. The minimum absolute atomic E-state index is 0. The van der Waals surface area contributed by atoms with Crippen molar-refractivity contribution in [1.82, 2.24) is 10.2 Å². The summed E-state index contributed by atoms with van der Waals surface area (Å²) in [7, 11) is 0. The molecule has 0 aromatic heterocycles. The molecular formula is C24H27ClN2O. The summed E-state index contributed by atoms with van der Waals surface area (Å²) in [4.78, 5) is 14.6. The van der Waals surface area contributed by atoms with Crippen molar-refractivity contribution in [3.63, 3.8) is 0 Å². The molecule has 1 saturated heterocycles. The van der Waals surface area contributed by atoms with Crippen LogP contribution in [0.4, 0.5) is 0 Å². The first-order chi connectivity index (χ1) is 13.2. The molecular weight excluding hydrogens is 368 g/mol. The van der Waals surface area contributed by atoms with Crippen molar-refractivity contribution < 1.29 is 4.79 Å². The molecule has 1 amide bonds. The van der Waals surface area contributed by atoms with E-state index in [0.29, 0.717) is 5.92 Å². The van der Waals surface area contributed by atoms with E-state index in [-0.39, 0.29) is 24.4 Å². The monoisotopic (exact) mass is 394 g/mol. The Morgan fingerprint density at radius 1 is 1.04 bits per heavy atom. The minimum Gasteiger partial charge on any atom is -0.338 e. The molecule has 4 heteroatoms. The highest BCUT2D eigenvalue weighted by atomic mass is 35.5. The van der Waals surface area contributed by atoms with Crippen molar-refractivity contribution in [3.8, 4) is 0 Å². The highest BCUT2D eigenvalue weighted by molar-refractivity contribution is 5.94. The molecule has 3 aromatic carbocycles. The van der Waals surface area contributed by atoms with E-state index in [1.807, 2.05) is 35.2 Å². The molecule has 0 radical (unpaired) electrons. The Morgan fingerprint density at radius 2 is 1.75 bits per heavy atom. The van der Waals surface area contributed by atoms with Gasteiger partial charge in [0.05, 0.1) is 0 Å². The van der Waals surface area contributed by atoms with Gasteiger partial charge in [-0.05, 0) is 47.7 Å². The Kier molecular flexibility index (Phi) is 6.71. The molecule has 4 rings (SSSR count). The number of nitrogens with zero attached hydrogens (tertiary/aromatic N) is 1. The van der Waals surface area contributed by atoms with Crippen LogP contribution in [0.1, 0.15) is 35.3 Å². The molecule has 1 N–H and O–H groups in total. The van der Waals surface area contributed by atoms with Gasteiger partial charge in [-0.1, -0.05) is 60.7 Å². The van der Waals surface area contributed by atoms with Crippen LogP contribution < -0.4 is 5.32 Å². The second-order valence-electron chi connectivity index (χ2n) is 7.47. The average molecular weight is 395 g/mol. The average Bonchev–Trinajstić information content (AvgIpc) is 3.20. The third kappa shape index (κ3) is 4.37. The Hall–Kier alpha value is -2.36. The van der Waals surface area contributed by atoms with E-state index in [1.165, 1.54) is 16.3 Å². The molecule has 2 atom stereocenters. The van der Waals surface area contributed by atoms with Crippen LogP contribution in [0, 0.1) is 5.92 Å². The lowest BCUT2D eigenvalue weighted by Crippen LogP contribution is -2.31. The van der Waals surface area contributed by atoms with Gasteiger partial charge in [0.15, 0.2) is 0 Å². The first-order valence-electron chi connectivity index (χ1n) is 9.78. The number of benzene rings is 3. The van der Waals surface area contributed by atoms with Gasteiger partial charge in [0.25, 0.3) is 5.91 Å². The standard InChI is InChI=1S/C24H26N2O.ClH/c1-18(22-13-7-11-20-8-5-6-12-23(20)22)25-16-19-14-15-26(17-19)24(27)21-9-3-2-4-10-21;/h2-13,18-19,25H,14-17H2,1H3;1H. The van der Waals surface area contributed by atoms with E-state index in [4.69, 9.17) is 0 Å². The highest BCUT2D eigenvalue weighted by Gasteiger charge is 2.27. The van der Waals surface area contributed by atoms with Crippen LogP contribution in [0.25, 0.3) is 10.8 Å². The van der Waals surface area contributed by atoms with Gasteiger partial charge in [0.2, 0.25) is 0 Å². The smallest absolute Gasteiger partial charge is 0.253 e. The summed E-state index contributed by atoms with van der Waals surface area (Å²) in [6.45, 7) is 4.85. The van der Waals surface area contributed by atoms with Crippen molar-refractivity contribution in [1.29, 1.82) is 0 Å². The van der Waals surface area contributed by atoms with Gasteiger partial charge >= 0.3 is 0 Å². The van der Waals surface area contributed by atoms with E-state index in [0.717, 1.165) is 31.6 Å². The predicted octanol–water partition coefficient (Wildman–Crippen LogP) is 5.07. The van der Waals surface area contributed by atoms with Crippen LogP contribution >= 0.6 is 12.4 Å². The Bertz CT molecular complexity index is 923. The zero-order chi connectivity index (χ0) is 18.6. The molecule has 3 nitrogen and oxygen atoms in total. The zero-order valence-electron chi connectivity index (χ0n) is 16.2. The normalized spacial score (nSPS) is 17.3. The summed E-state index contributed by atoms with van der Waals surface area (Å²) in [5.41, 5.74) is 2.12. The number of carbonyl (C=O) groups is 1. The fraction of sp³-hybridized carbons (Fsp3) is 0.292. The van der Waals surface area contributed by atoms with E-state index < -0.39 is 0 Å². The number of hydrogen-bond donors (Lipinski definition) is 1. The number of hydrogen-bond acceptors (Lipinski definition) is 2. The lowest BCUT2D eigenvalue weighted by atomic mass is 9.99. The van der Waals surface area contributed by atoms with E-state index >= 15 is 0 Å². The molecule has 0 bridgehead atoms. The van der Waals surface area contributed by atoms with Crippen molar-refractivity contribution in [3.05, 3.63) is 83.9 Å². The highest BCUT2D eigenvalue weighted by Crippen LogP contribution is 2.25. The third-order valence-electron chi connectivity index (χ3n) is 5.60. The van der Waals surface area contributed by atoms with Gasteiger partial charge in [0.1, 0.15) is 0 Å². The molecule has 3 aromatic rings. The van der Waals surface area contributed by atoms with Crippen LogP contribution in [-0.4, -0.2) is 30.4 Å². The van der Waals surface area contributed by atoms with E-state index in [1.54, 1.807) is 0 Å². The molecule has 1 fully saturated rings. The molecule has 28 heavy (non-hydrogen) atoms. The summed E-state index contributed by atoms with van der Waals surface area (Å²) in [5, 5.41) is 6.29. The molecule has 1 aliphatic heterocycles. The van der Waals surface area contributed by atoms with E-state index in [2.05, 4.69) is 54.7 Å². The van der Waals surface area contributed by atoms with Crippen LogP contribution in [0.2, 0.25) is 0 Å². The van der Waals surface area contributed by atoms with Crippen LogP contribution in [0.5, 0.6) is 0 Å². The molecule has 1 heterocycles. The summed E-state index contributed by atoms with van der Waals surface area (Å²) in [5.74, 6) is 0.662. The van der Waals surface area contributed by atoms with Crippen LogP contribution in [-0.2, 0) is 0 Å². The number of likely N-dealkylation sites (tertiary alicyclic amines) is 1.